The van der Waals surface area contributed by atoms with Crippen LogP contribution in [-0.4, -0.2) is 29.2 Å². The maximum absolute atomic E-state index is 13.5. The molecule has 20 heavy (non-hydrogen) atoms. The first kappa shape index (κ1) is 15.4. The lowest BCUT2D eigenvalue weighted by molar-refractivity contribution is -0.182. The van der Waals surface area contributed by atoms with Gasteiger partial charge in [0.1, 0.15) is 5.82 Å². The minimum atomic E-state index is -0.223. The molecule has 2 rings (SSSR count). The standard InChI is InChI=1S/C16H25FN2O/c1-15(2)10-19(11-16(3,4)20-15)9-12-5-6-14(17)13(7-12)8-18/h5-7H,8-11,18H2,1-4H3. The van der Waals surface area contributed by atoms with E-state index in [1.165, 1.54) is 6.07 Å². The third-order valence-electron chi connectivity index (χ3n) is 3.50. The number of hydrogen-bond donors (Lipinski definition) is 1. The van der Waals surface area contributed by atoms with Crippen LogP contribution in [0.4, 0.5) is 4.39 Å². The van der Waals surface area contributed by atoms with Gasteiger partial charge in [0.25, 0.3) is 0 Å². The lowest BCUT2D eigenvalue weighted by Crippen LogP contribution is -2.56. The average Bonchev–Trinajstić information content (AvgIpc) is 2.27. The summed E-state index contributed by atoms with van der Waals surface area (Å²) in [6.07, 6.45) is 0. The molecule has 0 unspecified atom stereocenters. The Morgan fingerprint density at radius 1 is 1.20 bits per heavy atom. The summed E-state index contributed by atoms with van der Waals surface area (Å²) in [7, 11) is 0. The predicted octanol–water partition coefficient (Wildman–Crippen LogP) is 2.67. The van der Waals surface area contributed by atoms with Gasteiger partial charge in [0.2, 0.25) is 0 Å². The fourth-order valence-electron chi connectivity index (χ4n) is 3.20. The summed E-state index contributed by atoms with van der Waals surface area (Å²) < 4.78 is 19.6. The molecule has 1 aromatic carbocycles. The number of morpholine rings is 1. The van der Waals surface area contributed by atoms with Gasteiger partial charge < -0.3 is 10.5 Å². The molecule has 3 nitrogen and oxygen atoms in total. The number of halogens is 1. The van der Waals surface area contributed by atoms with Crippen LogP contribution in [0.3, 0.4) is 0 Å². The van der Waals surface area contributed by atoms with Crippen molar-refractivity contribution in [1.82, 2.24) is 4.90 Å². The highest BCUT2D eigenvalue weighted by Crippen LogP contribution is 2.29. The predicted molar refractivity (Wildman–Crippen MR) is 78.8 cm³/mol. The number of rotatable bonds is 3. The molecule has 0 saturated carbocycles. The van der Waals surface area contributed by atoms with Gasteiger partial charge in [-0.05, 0) is 39.3 Å². The molecule has 1 heterocycles. The largest absolute Gasteiger partial charge is 0.367 e. The van der Waals surface area contributed by atoms with Gasteiger partial charge in [-0.2, -0.15) is 0 Å². The van der Waals surface area contributed by atoms with Crippen LogP contribution in [0.5, 0.6) is 0 Å². The summed E-state index contributed by atoms with van der Waals surface area (Å²) in [5, 5.41) is 0. The van der Waals surface area contributed by atoms with Crippen LogP contribution in [-0.2, 0) is 17.8 Å². The first-order valence-corrected chi connectivity index (χ1v) is 7.11. The molecule has 0 amide bonds. The minimum absolute atomic E-state index is 0.168. The van der Waals surface area contributed by atoms with Gasteiger partial charge >= 0.3 is 0 Å². The topological polar surface area (TPSA) is 38.5 Å². The average molecular weight is 280 g/mol. The van der Waals surface area contributed by atoms with Crippen molar-refractivity contribution in [3.8, 4) is 0 Å². The monoisotopic (exact) mass is 280 g/mol. The van der Waals surface area contributed by atoms with Crippen LogP contribution in [0, 0.1) is 5.82 Å². The van der Waals surface area contributed by atoms with Gasteiger partial charge in [0.15, 0.2) is 0 Å². The van der Waals surface area contributed by atoms with Crippen molar-refractivity contribution < 1.29 is 9.13 Å². The van der Waals surface area contributed by atoms with E-state index in [9.17, 15) is 4.39 Å². The molecule has 0 atom stereocenters. The van der Waals surface area contributed by atoms with E-state index in [1.807, 2.05) is 12.1 Å². The van der Waals surface area contributed by atoms with Crippen LogP contribution >= 0.6 is 0 Å². The Kier molecular flexibility index (Phi) is 4.19. The molecule has 0 aliphatic carbocycles. The number of benzene rings is 1. The molecule has 1 fully saturated rings. The van der Waals surface area contributed by atoms with Gasteiger partial charge in [-0.25, -0.2) is 4.39 Å². The molecule has 0 aromatic heterocycles. The quantitative estimate of drug-likeness (QED) is 0.925. The van der Waals surface area contributed by atoms with E-state index in [0.717, 1.165) is 25.2 Å². The van der Waals surface area contributed by atoms with Crippen molar-refractivity contribution >= 4 is 0 Å². The maximum Gasteiger partial charge on any atom is 0.127 e. The number of ether oxygens (including phenoxy) is 1. The second-order valence-electron chi connectivity index (χ2n) is 6.90. The molecular formula is C16H25FN2O. The molecule has 1 saturated heterocycles. The van der Waals surface area contributed by atoms with Gasteiger partial charge in [-0.3, -0.25) is 4.90 Å². The zero-order chi connectivity index (χ0) is 15.0. The van der Waals surface area contributed by atoms with E-state index < -0.39 is 0 Å². The van der Waals surface area contributed by atoms with Gasteiger partial charge in [0.05, 0.1) is 11.2 Å². The highest BCUT2D eigenvalue weighted by Gasteiger charge is 2.37. The first-order chi connectivity index (χ1) is 9.21. The molecule has 4 heteroatoms. The molecular weight excluding hydrogens is 255 g/mol. The molecule has 0 radical (unpaired) electrons. The van der Waals surface area contributed by atoms with Crippen LogP contribution in [0.2, 0.25) is 0 Å². The second-order valence-corrected chi connectivity index (χ2v) is 6.90. The third-order valence-corrected chi connectivity index (χ3v) is 3.50. The molecule has 0 spiro atoms. The van der Waals surface area contributed by atoms with E-state index in [0.29, 0.717) is 5.56 Å². The van der Waals surface area contributed by atoms with Gasteiger partial charge in [-0.1, -0.05) is 12.1 Å². The summed E-state index contributed by atoms with van der Waals surface area (Å²) in [6.45, 7) is 11.2. The van der Waals surface area contributed by atoms with Crippen LogP contribution in [0.15, 0.2) is 18.2 Å². The number of nitrogens with zero attached hydrogens (tertiary/aromatic N) is 1. The summed E-state index contributed by atoms with van der Waals surface area (Å²) in [5.41, 5.74) is 6.90. The van der Waals surface area contributed by atoms with Crippen molar-refractivity contribution in [3.63, 3.8) is 0 Å². The fraction of sp³-hybridized carbons (Fsp3) is 0.625. The van der Waals surface area contributed by atoms with Crippen molar-refractivity contribution in [3.05, 3.63) is 35.1 Å². The van der Waals surface area contributed by atoms with Gasteiger partial charge in [0, 0.05) is 31.7 Å². The minimum Gasteiger partial charge on any atom is -0.367 e. The Hall–Kier alpha value is -0.970. The summed E-state index contributed by atoms with van der Waals surface area (Å²) in [6, 6.07) is 5.21. The smallest absolute Gasteiger partial charge is 0.127 e. The molecule has 112 valence electrons. The van der Waals surface area contributed by atoms with Crippen LogP contribution < -0.4 is 5.73 Å². The van der Waals surface area contributed by atoms with E-state index >= 15 is 0 Å². The molecule has 1 aliphatic heterocycles. The van der Waals surface area contributed by atoms with Crippen molar-refractivity contribution in [2.45, 2.75) is 52.0 Å². The van der Waals surface area contributed by atoms with E-state index in [-0.39, 0.29) is 23.6 Å². The normalized spacial score (nSPS) is 21.9. The molecule has 1 aliphatic rings. The summed E-state index contributed by atoms with van der Waals surface area (Å²) in [4.78, 5) is 2.36. The second kappa shape index (κ2) is 5.43. The highest BCUT2D eigenvalue weighted by molar-refractivity contribution is 5.25. The zero-order valence-corrected chi connectivity index (χ0v) is 12.9. The highest BCUT2D eigenvalue weighted by atomic mass is 19.1. The van der Waals surface area contributed by atoms with Crippen molar-refractivity contribution in [2.75, 3.05) is 13.1 Å². The van der Waals surface area contributed by atoms with Crippen molar-refractivity contribution in [2.24, 2.45) is 5.73 Å². The van der Waals surface area contributed by atoms with Crippen LogP contribution in [0.25, 0.3) is 0 Å². The van der Waals surface area contributed by atoms with Gasteiger partial charge in [-0.15, -0.1) is 0 Å². The van der Waals surface area contributed by atoms with Crippen molar-refractivity contribution in [1.29, 1.82) is 0 Å². The lowest BCUT2D eigenvalue weighted by Gasteiger charge is -2.47. The Labute approximate surface area is 120 Å². The number of hydrogen-bond acceptors (Lipinski definition) is 3. The number of nitrogens with two attached hydrogens (primary N) is 1. The van der Waals surface area contributed by atoms with E-state index in [1.54, 1.807) is 0 Å². The van der Waals surface area contributed by atoms with E-state index in [4.69, 9.17) is 10.5 Å². The Bertz CT molecular complexity index is 469. The molecule has 1 aromatic rings. The van der Waals surface area contributed by atoms with E-state index in [2.05, 4.69) is 32.6 Å². The Morgan fingerprint density at radius 3 is 2.35 bits per heavy atom. The summed E-state index contributed by atoms with van der Waals surface area (Å²) >= 11 is 0. The Balaban J connectivity index is 2.13. The SMILES string of the molecule is CC1(C)CN(Cc2ccc(F)c(CN)c2)CC(C)(C)O1. The first-order valence-electron chi connectivity index (χ1n) is 7.11. The Morgan fingerprint density at radius 2 is 1.80 bits per heavy atom. The third kappa shape index (κ3) is 3.78. The fourth-order valence-corrected chi connectivity index (χ4v) is 3.20. The lowest BCUT2D eigenvalue weighted by atomic mass is 9.98. The maximum atomic E-state index is 13.5. The zero-order valence-electron chi connectivity index (χ0n) is 12.9. The van der Waals surface area contributed by atoms with Crippen LogP contribution in [0.1, 0.15) is 38.8 Å². The molecule has 0 bridgehead atoms. The molecule has 2 N–H and O–H groups in total. The summed E-state index contributed by atoms with van der Waals surface area (Å²) in [5.74, 6) is -0.223.